The smallest absolute Gasteiger partial charge is 0.226 e. The van der Waals surface area contributed by atoms with Gasteiger partial charge >= 0.3 is 36.0 Å². The molecule has 0 spiro atoms. The summed E-state index contributed by atoms with van der Waals surface area (Å²) in [5.41, 5.74) is -1.35. The number of halogens is 14. The van der Waals surface area contributed by atoms with E-state index in [1.165, 1.54) is 73.3 Å². The summed E-state index contributed by atoms with van der Waals surface area (Å²) in [4.78, 5) is 15.8. The maximum Gasteiger partial charge on any atom is 0.460 e. The maximum atomic E-state index is 16.2. The molecule has 74 heavy (non-hydrogen) atoms. The van der Waals surface area contributed by atoms with Crippen LogP contribution >= 0.6 is 0 Å². The van der Waals surface area contributed by atoms with Gasteiger partial charge in [-0.1, -0.05) is 0 Å². The molecule has 0 fully saturated rings. The number of hydrogen-bond acceptors (Lipinski definition) is 4. The van der Waals surface area contributed by atoms with Crippen molar-refractivity contribution in [1.82, 2.24) is 19.9 Å². The standard InChI is InChI=1S/C52H32F14N8/c1-71-13-5-9-25(21-71)29-17-33-34-18-31(27-11-7-15-73(3)23-27)43-40-38(34)36(20-32(28-12-8-16-74(4)24-28)44(40)70-46(69-43)48(55,56)50(59,60)52(64,65)66)35-19-30(26-10-6-14-72(2)22-26)42-39(37(33)35)41(29)67-45(68-42)47(53,54)49(57,58)51(61,62)63/h5-24H,1-4H3/q+4. The Balaban J connectivity index is 1.44. The summed E-state index contributed by atoms with van der Waals surface area (Å²) in [6.45, 7) is 0. The number of nitrogens with zero attached hydrogens (tertiary/aromatic N) is 8. The molecule has 8 nitrogen and oxygen atoms in total. The molecule has 374 valence electrons. The zero-order valence-corrected chi connectivity index (χ0v) is 38.4. The van der Waals surface area contributed by atoms with Crippen LogP contribution in [0.25, 0.3) is 110 Å². The number of pyridine rings is 4. The van der Waals surface area contributed by atoms with Crippen molar-refractivity contribution in [3.8, 4) is 44.5 Å². The van der Waals surface area contributed by atoms with Crippen LogP contribution in [0.4, 0.5) is 61.5 Å². The summed E-state index contributed by atoms with van der Waals surface area (Å²) in [7, 11) is 6.39. The molecular weight excluding hydrogens is 1000 g/mol. The molecule has 0 saturated heterocycles. The number of rotatable bonds is 8. The number of hydrogen-bond donors (Lipinski definition) is 0. The van der Waals surface area contributed by atoms with E-state index in [9.17, 15) is 26.3 Å². The molecule has 0 aliphatic heterocycles. The highest BCUT2D eigenvalue weighted by molar-refractivity contribution is 6.42. The lowest BCUT2D eigenvalue weighted by Crippen LogP contribution is -2.50. The molecule has 0 aliphatic rings. The van der Waals surface area contributed by atoms with Gasteiger partial charge in [-0.3, -0.25) is 0 Å². The molecule has 5 aromatic carbocycles. The van der Waals surface area contributed by atoms with Crippen molar-refractivity contribution in [2.24, 2.45) is 28.2 Å². The Morgan fingerprint density at radius 1 is 0.338 bits per heavy atom. The Morgan fingerprint density at radius 3 is 0.770 bits per heavy atom. The van der Waals surface area contributed by atoms with Crippen molar-refractivity contribution in [3.63, 3.8) is 0 Å². The lowest BCUT2D eigenvalue weighted by Gasteiger charge is -2.28. The Morgan fingerprint density at radius 2 is 0.568 bits per heavy atom. The van der Waals surface area contributed by atoms with Crippen LogP contribution in [0.2, 0.25) is 0 Å². The minimum absolute atomic E-state index is 0.0710. The van der Waals surface area contributed by atoms with Gasteiger partial charge in [-0.2, -0.15) is 61.5 Å². The molecule has 0 bridgehead atoms. The molecule has 0 aliphatic carbocycles. The zero-order chi connectivity index (χ0) is 53.0. The second-order valence-corrected chi connectivity index (χ2v) is 18.2. The number of fused-ring (bicyclic) bond motifs is 2. The fraction of sp³-hybridized carbons (Fsp3) is 0.192. The summed E-state index contributed by atoms with van der Waals surface area (Å²) in [5, 5.41) is 1.08. The van der Waals surface area contributed by atoms with Gasteiger partial charge in [-0.25, -0.2) is 38.2 Å². The van der Waals surface area contributed by atoms with Crippen LogP contribution in [0.1, 0.15) is 11.6 Å². The molecule has 6 aromatic heterocycles. The van der Waals surface area contributed by atoms with Gasteiger partial charge in [0.2, 0.25) is 11.6 Å². The lowest BCUT2D eigenvalue weighted by atomic mass is 9.82. The van der Waals surface area contributed by atoms with Gasteiger partial charge in [-0.05, 0) is 70.1 Å². The molecule has 22 heteroatoms. The van der Waals surface area contributed by atoms with Crippen LogP contribution in [-0.2, 0) is 40.0 Å². The Hall–Kier alpha value is -8.04. The van der Waals surface area contributed by atoms with Gasteiger partial charge in [0.1, 0.15) is 28.2 Å². The van der Waals surface area contributed by atoms with Gasteiger partial charge in [0.25, 0.3) is 0 Å². The predicted molar refractivity (Wildman–Crippen MR) is 241 cm³/mol. The van der Waals surface area contributed by atoms with Gasteiger partial charge in [0.05, 0.1) is 22.1 Å². The topological polar surface area (TPSA) is 67.1 Å². The Bertz CT molecular complexity index is 3660. The van der Waals surface area contributed by atoms with E-state index in [0.717, 1.165) is 0 Å². The molecule has 0 saturated carbocycles. The van der Waals surface area contributed by atoms with Crippen LogP contribution in [0, 0.1) is 0 Å². The summed E-state index contributed by atoms with van der Waals surface area (Å²) >= 11 is 0. The SMILES string of the molecule is C[n+]1cccc(-c2cc3c4cc(-c5ccc[n+](C)c5)c5nc(C(F)(F)C(F)(F)C(F)(F)F)nc6c(-c7ccc[n+](C)c7)cc(c7cc(-c8ccc[n+](C)c8)c8nc(C(F)(F)C(F)(F)C(F)(F)F)nc2c8c37)c4c56)c1. The second kappa shape index (κ2) is 15.7. The maximum absolute atomic E-state index is 16.2. The summed E-state index contributed by atoms with van der Waals surface area (Å²) < 4.78 is 215. The van der Waals surface area contributed by atoms with E-state index < -0.39 is 69.8 Å². The van der Waals surface area contributed by atoms with Crippen LogP contribution in [0.5, 0.6) is 0 Å². The minimum Gasteiger partial charge on any atom is -0.226 e. The van der Waals surface area contributed by atoms with Crippen molar-refractivity contribution in [2.75, 3.05) is 0 Å². The Kier molecular flexibility index (Phi) is 10.3. The molecule has 0 amide bonds. The van der Waals surface area contributed by atoms with E-state index in [4.69, 9.17) is 0 Å². The van der Waals surface area contributed by atoms with Crippen LogP contribution < -0.4 is 18.3 Å². The molecule has 11 aromatic rings. The Labute approximate surface area is 406 Å². The zero-order valence-electron chi connectivity index (χ0n) is 38.4. The van der Waals surface area contributed by atoms with Crippen LogP contribution in [0.3, 0.4) is 0 Å². The highest BCUT2D eigenvalue weighted by Crippen LogP contribution is 2.56. The number of benzene rings is 5. The lowest BCUT2D eigenvalue weighted by molar-refractivity contribution is -0.671. The second-order valence-electron chi connectivity index (χ2n) is 18.2. The third-order valence-corrected chi connectivity index (χ3v) is 13.2. The predicted octanol–water partition coefficient (Wildman–Crippen LogP) is 11.6. The number of aryl methyl sites for hydroxylation is 4. The van der Waals surface area contributed by atoms with Gasteiger partial charge in [0, 0.05) is 90.3 Å². The van der Waals surface area contributed by atoms with E-state index in [2.05, 4.69) is 19.9 Å². The highest BCUT2D eigenvalue weighted by Gasteiger charge is 2.76. The molecule has 0 atom stereocenters. The first kappa shape index (κ1) is 48.2. The molecular formula is C52H32F14N8+4. The van der Waals surface area contributed by atoms with E-state index in [-0.39, 0.29) is 87.6 Å². The molecule has 6 heterocycles. The first-order valence-corrected chi connectivity index (χ1v) is 22.1. The third kappa shape index (κ3) is 6.88. The number of alkyl halides is 14. The van der Waals surface area contributed by atoms with Crippen molar-refractivity contribution < 1.29 is 79.7 Å². The van der Waals surface area contributed by atoms with Gasteiger partial charge in [0.15, 0.2) is 49.6 Å². The number of aromatic nitrogens is 8. The molecule has 0 unspecified atom stereocenters. The summed E-state index contributed by atoms with van der Waals surface area (Å²) in [6, 6.07) is 18.0. The van der Waals surface area contributed by atoms with E-state index >= 15 is 35.1 Å². The minimum atomic E-state index is -6.76. The average molecular weight is 1030 g/mol. The van der Waals surface area contributed by atoms with Crippen molar-refractivity contribution in [1.29, 1.82) is 0 Å². The van der Waals surface area contributed by atoms with Gasteiger partial charge in [-0.15, -0.1) is 0 Å². The molecule has 0 radical (unpaired) electrons. The van der Waals surface area contributed by atoms with Crippen molar-refractivity contribution in [3.05, 3.63) is 134 Å². The van der Waals surface area contributed by atoms with Gasteiger partial charge < -0.3 is 0 Å². The van der Waals surface area contributed by atoms with Crippen molar-refractivity contribution >= 4 is 65.2 Å². The summed E-state index contributed by atoms with van der Waals surface area (Å²) in [6.07, 6.45) is -1.10. The van der Waals surface area contributed by atoms with Crippen molar-refractivity contribution in [2.45, 2.75) is 36.0 Å². The molecule has 0 N–H and O–H groups in total. The largest absolute Gasteiger partial charge is 0.460 e. The van der Waals surface area contributed by atoms with Crippen LogP contribution in [0.15, 0.2) is 122 Å². The van der Waals surface area contributed by atoms with Crippen LogP contribution in [-0.4, -0.2) is 44.1 Å². The summed E-state index contributed by atoms with van der Waals surface area (Å²) in [5.74, 6) is -29.7. The average Bonchev–Trinajstić information content (AvgIpc) is 3.33. The first-order chi connectivity index (χ1) is 34.6. The third-order valence-electron chi connectivity index (χ3n) is 13.2. The highest BCUT2D eigenvalue weighted by atomic mass is 19.4. The first-order valence-electron chi connectivity index (χ1n) is 22.1. The van der Waals surface area contributed by atoms with E-state index in [0.29, 0.717) is 0 Å². The van der Waals surface area contributed by atoms with E-state index in [1.807, 2.05) is 0 Å². The fourth-order valence-corrected chi connectivity index (χ4v) is 9.78. The van der Waals surface area contributed by atoms with E-state index in [1.54, 1.807) is 95.5 Å². The fourth-order valence-electron chi connectivity index (χ4n) is 9.78. The normalized spacial score (nSPS) is 13.5. The quantitative estimate of drug-likeness (QED) is 0.0658. The molecule has 11 rings (SSSR count). The monoisotopic (exact) mass is 1030 g/mol.